The van der Waals surface area contributed by atoms with E-state index in [9.17, 15) is 12.8 Å². The molecule has 6 nitrogen and oxygen atoms in total. The molecule has 0 spiro atoms. The van der Waals surface area contributed by atoms with Gasteiger partial charge >= 0.3 is 0 Å². The Morgan fingerprint density at radius 3 is 2.44 bits per heavy atom. The van der Waals surface area contributed by atoms with Crippen LogP contribution >= 0.6 is 0 Å². The number of sulfonamides is 1. The number of methoxy groups -OCH3 is 2. The standard InChI is InChI=1S/C10H15FN2O4S/c1-16-10(17-2)6-13-9-4-3-7(5-8(9)11)18(12,14)15/h3-5,10,13H,6H2,1-2H3,(H2,12,14,15). The summed E-state index contributed by atoms with van der Waals surface area (Å²) in [6, 6.07) is 3.36. The van der Waals surface area contributed by atoms with Crippen molar-refractivity contribution >= 4 is 15.7 Å². The topological polar surface area (TPSA) is 90.6 Å². The second-order valence-corrected chi connectivity index (χ2v) is 5.03. The first-order valence-corrected chi connectivity index (χ1v) is 6.55. The number of rotatable bonds is 6. The van der Waals surface area contributed by atoms with Crippen molar-refractivity contribution in [1.82, 2.24) is 0 Å². The molecular formula is C10H15FN2O4S. The van der Waals surface area contributed by atoms with Crippen molar-refractivity contribution in [3.8, 4) is 0 Å². The van der Waals surface area contributed by atoms with Crippen molar-refractivity contribution in [3.63, 3.8) is 0 Å². The van der Waals surface area contributed by atoms with Gasteiger partial charge in [0, 0.05) is 14.2 Å². The molecular weight excluding hydrogens is 263 g/mol. The largest absolute Gasteiger partial charge is 0.378 e. The number of anilines is 1. The number of nitrogens with two attached hydrogens (primary N) is 1. The molecule has 0 bridgehead atoms. The van der Waals surface area contributed by atoms with E-state index in [2.05, 4.69) is 5.32 Å². The van der Waals surface area contributed by atoms with E-state index in [0.717, 1.165) is 6.07 Å². The van der Waals surface area contributed by atoms with Crippen LogP contribution in [0.2, 0.25) is 0 Å². The number of nitrogens with one attached hydrogen (secondary N) is 1. The summed E-state index contributed by atoms with van der Waals surface area (Å²) in [6.45, 7) is 0.221. The zero-order valence-electron chi connectivity index (χ0n) is 10.0. The van der Waals surface area contributed by atoms with Gasteiger partial charge in [-0.05, 0) is 18.2 Å². The zero-order valence-corrected chi connectivity index (χ0v) is 10.8. The van der Waals surface area contributed by atoms with Crippen LogP contribution in [0.1, 0.15) is 0 Å². The number of hydrogen-bond acceptors (Lipinski definition) is 5. The van der Waals surface area contributed by atoms with Crippen LogP contribution in [0.25, 0.3) is 0 Å². The lowest BCUT2D eigenvalue weighted by Crippen LogP contribution is -2.24. The maximum Gasteiger partial charge on any atom is 0.238 e. The molecule has 0 aliphatic carbocycles. The molecule has 1 rings (SSSR count). The fraction of sp³-hybridized carbons (Fsp3) is 0.400. The second kappa shape index (κ2) is 6.10. The molecule has 0 atom stereocenters. The molecule has 0 aliphatic heterocycles. The van der Waals surface area contributed by atoms with Gasteiger partial charge in [-0.25, -0.2) is 17.9 Å². The predicted octanol–water partition coefficient (Wildman–Crippen LogP) is 0.504. The maximum atomic E-state index is 13.6. The lowest BCUT2D eigenvalue weighted by atomic mass is 10.3. The van der Waals surface area contributed by atoms with Crippen molar-refractivity contribution in [1.29, 1.82) is 0 Å². The molecule has 0 fully saturated rings. The minimum Gasteiger partial charge on any atom is -0.378 e. The molecule has 0 saturated heterocycles. The Labute approximate surface area is 105 Å². The van der Waals surface area contributed by atoms with E-state index in [1.807, 2.05) is 0 Å². The number of benzene rings is 1. The Hall–Kier alpha value is -1.22. The number of hydrogen-bond donors (Lipinski definition) is 2. The Morgan fingerprint density at radius 2 is 2.00 bits per heavy atom. The summed E-state index contributed by atoms with van der Waals surface area (Å²) < 4.78 is 45.4. The lowest BCUT2D eigenvalue weighted by Gasteiger charge is -2.15. The smallest absolute Gasteiger partial charge is 0.238 e. The Kier molecular flexibility index (Phi) is 5.03. The molecule has 0 aliphatic rings. The average Bonchev–Trinajstić information content (AvgIpc) is 2.30. The van der Waals surface area contributed by atoms with Crippen LogP contribution in [0, 0.1) is 5.82 Å². The van der Waals surface area contributed by atoms with E-state index in [-0.39, 0.29) is 17.1 Å². The maximum absolute atomic E-state index is 13.6. The third-order valence-electron chi connectivity index (χ3n) is 2.25. The highest BCUT2D eigenvalue weighted by Crippen LogP contribution is 2.18. The van der Waals surface area contributed by atoms with Gasteiger partial charge < -0.3 is 14.8 Å². The first-order valence-electron chi connectivity index (χ1n) is 5.00. The third kappa shape index (κ3) is 3.91. The molecule has 3 N–H and O–H groups in total. The van der Waals surface area contributed by atoms with E-state index in [0.29, 0.717) is 0 Å². The van der Waals surface area contributed by atoms with Crippen LogP contribution in [0.3, 0.4) is 0 Å². The van der Waals surface area contributed by atoms with Crippen LogP contribution < -0.4 is 10.5 Å². The van der Waals surface area contributed by atoms with Crippen LogP contribution in [-0.4, -0.2) is 35.5 Å². The normalized spacial score (nSPS) is 11.8. The van der Waals surface area contributed by atoms with Gasteiger partial charge in [-0.2, -0.15) is 0 Å². The number of primary sulfonamides is 1. The molecule has 0 heterocycles. The van der Waals surface area contributed by atoms with Gasteiger partial charge in [0.05, 0.1) is 17.1 Å². The Balaban J connectivity index is 2.81. The van der Waals surface area contributed by atoms with E-state index in [4.69, 9.17) is 14.6 Å². The zero-order chi connectivity index (χ0) is 13.8. The van der Waals surface area contributed by atoms with E-state index < -0.39 is 22.1 Å². The molecule has 1 aromatic carbocycles. The Bertz CT molecular complexity index is 503. The molecule has 8 heteroatoms. The first-order chi connectivity index (χ1) is 8.38. The molecule has 0 saturated carbocycles. The van der Waals surface area contributed by atoms with Gasteiger partial charge in [0.15, 0.2) is 6.29 Å². The van der Waals surface area contributed by atoms with Gasteiger partial charge in [-0.1, -0.05) is 0 Å². The minimum atomic E-state index is -3.90. The first kappa shape index (κ1) is 14.8. The van der Waals surface area contributed by atoms with Crippen LogP contribution in [0.4, 0.5) is 10.1 Å². The Morgan fingerprint density at radius 1 is 1.39 bits per heavy atom. The molecule has 0 radical (unpaired) electrons. The van der Waals surface area contributed by atoms with Gasteiger partial charge in [0.1, 0.15) is 5.82 Å². The number of halogens is 1. The van der Waals surface area contributed by atoms with Crippen molar-refractivity contribution in [2.75, 3.05) is 26.1 Å². The summed E-state index contributed by atoms with van der Waals surface area (Å²) in [5.41, 5.74) is 0.140. The van der Waals surface area contributed by atoms with Crippen LogP contribution in [0.15, 0.2) is 23.1 Å². The van der Waals surface area contributed by atoms with E-state index in [1.165, 1.54) is 26.4 Å². The fourth-order valence-corrected chi connectivity index (χ4v) is 1.80. The SMILES string of the molecule is COC(CNc1ccc(S(N)(=O)=O)cc1F)OC. The monoisotopic (exact) mass is 278 g/mol. The molecule has 0 unspecified atom stereocenters. The van der Waals surface area contributed by atoms with Gasteiger partial charge in [0.25, 0.3) is 0 Å². The van der Waals surface area contributed by atoms with Crippen molar-refractivity contribution < 1.29 is 22.3 Å². The van der Waals surface area contributed by atoms with Crippen molar-refractivity contribution in [2.45, 2.75) is 11.2 Å². The fourth-order valence-electron chi connectivity index (χ4n) is 1.27. The highest BCUT2D eigenvalue weighted by molar-refractivity contribution is 7.89. The van der Waals surface area contributed by atoms with Crippen molar-refractivity contribution in [2.24, 2.45) is 5.14 Å². The van der Waals surface area contributed by atoms with Crippen LogP contribution in [-0.2, 0) is 19.5 Å². The van der Waals surface area contributed by atoms with Crippen LogP contribution in [0.5, 0.6) is 0 Å². The molecule has 0 aromatic heterocycles. The molecule has 102 valence electrons. The molecule has 1 aromatic rings. The average molecular weight is 278 g/mol. The van der Waals surface area contributed by atoms with Crippen molar-refractivity contribution in [3.05, 3.63) is 24.0 Å². The minimum absolute atomic E-state index is 0.140. The predicted molar refractivity (Wildman–Crippen MR) is 64.1 cm³/mol. The second-order valence-electron chi connectivity index (χ2n) is 3.47. The summed E-state index contributed by atoms with van der Waals surface area (Å²) in [6.07, 6.45) is -0.526. The highest BCUT2D eigenvalue weighted by Gasteiger charge is 2.12. The lowest BCUT2D eigenvalue weighted by molar-refractivity contribution is -0.0914. The summed E-state index contributed by atoms with van der Waals surface area (Å²) >= 11 is 0. The quantitative estimate of drug-likeness (QED) is 0.740. The number of ether oxygens (including phenoxy) is 2. The summed E-state index contributed by atoms with van der Waals surface area (Å²) in [5.74, 6) is -0.715. The molecule has 18 heavy (non-hydrogen) atoms. The van der Waals surface area contributed by atoms with Gasteiger partial charge in [-0.15, -0.1) is 0 Å². The van der Waals surface area contributed by atoms with Gasteiger partial charge in [0.2, 0.25) is 10.0 Å². The summed E-state index contributed by atoms with van der Waals surface area (Å²) in [4.78, 5) is -0.277. The molecule has 0 amide bonds. The summed E-state index contributed by atoms with van der Waals surface area (Å²) in [7, 11) is -0.991. The van der Waals surface area contributed by atoms with E-state index in [1.54, 1.807) is 0 Å². The van der Waals surface area contributed by atoms with E-state index >= 15 is 0 Å². The summed E-state index contributed by atoms with van der Waals surface area (Å²) in [5, 5.41) is 7.62. The van der Waals surface area contributed by atoms with Gasteiger partial charge in [-0.3, -0.25) is 0 Å². The highest BCUT2D eigenvalue weighted by atomic mass is 32.2. The third-order valence-corrected chi connectivity index (χ3v) is 3.17.